The second kappa shape index (κ2) is 4.16. The van der Waals surface area contributed by atoms with Gasteiger partial charge in [0.15, 0.2) is 5.88 Å². The topological polar surface area (TPSA) is 24.5 Å². The van der Waals surface area contributed by atoms with E-state index in [0.29, 0.717) is 0 Å². The van der Waals surface area contributed by atoms with E-state index in [-0.39, 0.29) is 0 Å². The summed E-state index contributed by atoms with van der Waals surface area (Å²) in [5, 5.41) is 3.13. The van der Waals surface area contributed by atoms with Gasteiger partial charge in [-0.05, 0) is 18.7 Å². The Hall–Kier alpha value is -0.960. The van der Waals surface area contributed by atoms with Crippen LogP contribution < -0.4 is 5.32 Å². The summed E-state index contributed by atoms with van der Waals surface area (Å²) in [5.74, 6) is 0.926. The van der Waals surface area contributed by atoms with Crippen molar-refractivity contribution in [3.8, 4) is 0 Å². The monoisotopic (exact) mass is 168 g/mol. The highest BCUT2D eigenvalue weighted by molar-refractivity contribution is 5.22. The Bertz CT molecular complexity index is 209. The first-order chi connectivity index (χ1) is 5.77. The van der Waals surface area contributed by atoms with Gasteiger partial charge in [-0.15, -0.1) is 0 Å². The summed E-state index contributed by atoms with van der Waals surface area (Å²) in [4.78, 5) is 2.09. The molecule has 0 aromatic heterocycles. The Labute approximate surface area is 73.7 Å². The molecule has 0 atom stereocenters. The molecule has 0 spiro atoms. The van der Waals surface area contributed by atoms with Crippen molar-refractivity contribution in [1.29, 1.82) is 0 Å². The van der Waals surface area contributed by atoms with Gasteiger partial charge in [0.25, 0.3) is 0 Å². The molecule has 1 N–H and O–H groups in total. The van der Waals surface area contributed by atoms with Crippen LogP contribution in [0.1, 0.15) is 0 Å². The lowest BCUT2D eigenvalue weighted by atomic mass is 10.2. The zero-order valence-corrected chi connectivity index (χ0v) is 7.92. The molecule has 12 heavy (non-hydrogen) atoms. The summed E-state index contributed by atoms with van der Waals surface area (Å²) in [6.45, 7) is 1.89. The molecule has 3 nitrogen and oxygen atoms in total. The van der Waals surface area contributed by atoms with Gasteiger partial charge in [0.1, 0.15) is 0 Å². The molecule has 1 aliphatic rings. The summed E-state index contributed by atoms with van der Waals surface area (Å²) in [6.07, 6.45) is 4.10. The zero-order chi connectivity index (χ0) is 8.97. The van der Waals surface area contributed by atoms with E-state index in [4.69, 9.17) is 4.74 Å². The van der Waals surface area contributed by atoms with Crippen LogP contribution in [0.2, 0.25) is 0 Å². The van der Waals surface area contributed by atoms with Gasteiger partial charge < -0.3 is 15.0 Å². The number of rotatable bonds is 3. The molecule has 0 aromatic rings. The highest BCUT2D eigenvalue weighted by Gasteiger charge is 2.10. The molecule has 0 saturated heterocycles. The number of hydrogen-bond donors (Lipinski definition) is 1. The van der Waals surface area contributed by atoms with Crippen molar-refractivity contribution >= 4 is 0 Å². The largest absolute Gasteiger partial charge is 0.482 e. The van der Waals surface area contributed by atoms with Crippen LogP contribution in [0.25, 0.3) is 0 Å². The number of nitrogens with one attached hydrogen (secondary N) is 1. The smallest absolute Gasteiger partial charge is 0.188 e. The predicted molar refractivity (Wildman–Crippen MR) is 49.7 cm³/mol. The second-order valence-corrected chi connectivity index (χ2v) is 2.92. The van der Waals surface area contributed by atoms with E-state index in [2.05, 4.69) is 16.3 Å². The van der Waals surface area contributed by atoms with Crippen molar-refractivity contribution in [3.05, 3.63) is 23.6 Å². The first-order valence-corrected chi connectivity index (χ1v) is 4.07. The summed E-state index contributed by atoms with van der Waals surface area (Å²) in [5.41, 5.74) is 1.38. The van der Waals surface area contributed by atoms with Gasteiger partial charge in [-0.2, -0.15) is 0 Å². The van der Waals surface area contributed by atoms with Gasteiger partial charge in [-0.1, -0.05) is 6.08 Å². The fourth-order valence-corrected chi connectivity index (χ4v) is 1.32. The van der Waals surface area contributed by atoms with Crippen molar-refractivity contribution in [2.45, 2.75) is 0 Å². The zero-order valence-electron chi connectivity index (χ0n) is 7.92. The maximum atomic E-state index is 5.15. The average molecular weight is 168 g/mol. The molecule has 0 fully saturated rings. The lowest BCUT2D eigenvalue weighted by Gasteiger charge is -2.25. The highest BCUT2D eigenvalue weighted by atomic mass is 16.5. The van der Waals surface area contributed by atoms with E-state index in [1.54, 1.807) is 7.11 Å². The van der Waals surface area contributed by atoms with Crippen molar-refractivity contribution in [1.82, 2.24) is 10.2 Å². The average Bonchev–Trinajstić information content (AvgIpc) is 2.05. The third kappa shape index (κ3) is 2.01. The fraction of sp³-hybridized carbons (Fsp3) is 0.556. The minimum atomic E-state index is 0.926. The van der Waals surface area contributed by atoms with Crippen LogP contribution in [0.4, 0.5) is 0 Å². The van der Waals surface area contributed by atoms with Gasteiger partial charge >= 0.3 is 0 Å². The molecule has 1 heterocycles. The second-order valence-electron chi connectivity index (χ2n) is 2.92. The van der Waals surface area contributed by atoms with Crippen LogP contribution in [0.3, 0.4) is 0 Å². The fourth-order valence-electron chi connectivity index (χ4n) is 1.32. The van der Waals surface area contributed by atoms with Gasteiger partial charge in [-0.25, -0.2) is 0 Å². The Morgan fingerprint density at radius 2 is 2.33 bits per heavy atom. The molecule has 1 rings (SSSR count). The lowest BCUT2D eigenvalue weighted by Crippen LogP contribution is -2.27. The minimum Gasteiger partial charge on any atom is -0.482 e. The molecule has 1 aliphatic heterocycles. The van der Waals surface area contributed by atoms with Crippen LogP contribution >= 0.6 is 0 Å². The molecular weight excluding hydrogens is 152 g/mol. The first kappa shape index (κ1) is 9.13. The molecule has 3 heteroatoms. The Balaban J connectivity index is 2.61. The SMILES string of the molecule is CNCC1=CC=C(OC)N(C)C1. The van der Waals surface area contributed by atoms with Gasteiger partial charge in [0.05, 0.1) is 7.11 Å². The molecule has 0 saturated carbocycles. The van der Waals surface area contributed by atoms with Crippen LogP contribution in [0.5, 0.6) is 0 Å². The van der Waals surface area contributed by atoms with Crippen molar-refractivity contribution in [2.24, 2.45) is 0 Å². The standard InChI is InChI=1S/C9H16N2O/c1-10-6-8-4-5-9(12-3)11(2)7-8/h4-5,10H,6-7H2,1-3H3. The highest BCUT2D eigenvalue weighted by Crippen LogP contribution is 2.11. The molecule has 0 radical (unpaired) electrons. The summed E-state index contributed by atoms with van der Waals surface area (Å²) >= 11 is 0. The van der Waals surface area contributed by atoms with Gasteiger partial charge in [-0.3, -0.25) is 0 Å². The lowest BCUT2D eigenvalue weighted by molar-refractivity contribution is 0.178. The number of likely N-dealkylation sites (N-methyl/N-ethyl adjacent to an activating group) is 2. The molecule has 68 valence electrons. The Kier molecular flexibility index (Phi) is 3.17. The molecule has 0 aliphatic carbocycles. The molecule has 0 amide bonds. The maximum absolute atomic E-state index is 5.15. The first-order valence-electron chi connectivity index (χ1n) is 4.07. The Morgan fingerprint density at radius 1 is 1.58 bits per heavy atom. The molecule has 0 aromatic carbocycles. The van der Waals surface area contributed by atoms with Crippen molar-refractivity contribution < 1.29 is 4.74 Å². The van der Waals surface area contributed by atoms with E-state index in [1.807, 2.05) is 20.2 Å². The normalized spacial score (nSPS) is 17.1. The summed E-state index contributed by atoms with van der Waals surface area (Å²) < 4.78 is 5.15. The van der Waals surface area contributed by atoms with Gasteiger partial charge in [0, 0.05) is 20.1 Å². The van der Waals surface area contributed by atoms with E-state index < -0.39 is 0 Å². The van der Waals surface area contributed by atoms with Crippen molar-refractivity contribution in [3.63, 3.8) is 0 Å². The summed E-state index contributed by atoms with van der Waals surface area (Å²) in [7, 11) is 5.67. The Morgan fingerprint density at radius 3 is 2.83 bits per heavy atom. The minimum absolute atomic E-state index is 0.926. The molecular formula is C9H16N2O. The summed E-state index contributed by atoms with van der Waals surface area (Å²) in [6, 6.07) is 0. The molecule has 0 bridgehead atoms. The predicted octanol–water partition coefficient (Wildman–Crippen LogP) is 0.565. The third-order valence-electron chi connectivity index (χ3n) is 1.89. The number of hydrogen-bond acceptors (Lipinski definition) is 3. The van der Waals surface area contributed by atoms with Crippen LogP contribution in [0, 0.1) is 0 Å². The van der Waals surface area contributed by atoms with Crippen LogP contribution in [-0.2, 0) is 4.74 Å². The quantitative estimate of drug-likeness (QED) is 0.666. The van der Waals surface area contributed by atoms with E-state index in [0.717, 1.165) is 19.0 Å². The number of methoxy groups -OCH3 is 1. The van der Waals surface area contributed by atoms with Crippen molar-refractivity contribution in [2.75, 3.05) is 34.3 Å². The van der Waals surface area contributed by atoms with Gasteiger partial charge in [0.2, 0.25) is 0 Å². The van der Waals surface area contributed by atoms with Crippen LogP contribution in [-0.4, -0.2) is 39.2 Å². The van der Waals surface area contributed by atoms with Crippen LogP contribution in [0.15, 0.2) is 23.6 Å². The molecule has 0 unspecified atom stereocenters. The number of allylic oxidation sites excluding steroid dienone is 2. The number of ether oxygens (including phenoxy) is 1. The number of nitrogens with zero attached hydrogens (tertiary/aromatic N) is 1. The van der Waals surface area contributed by atoms with E-state index >= 15 is 0 Å². The van der Waals surface area contributed by atoms with E-state index in [9.17, 15) is 0 Å². The van der Waals surface area contributed by atoms with E-state index in [1.165, 1.54) is 5.57 Å². The maximum Gasteiger partial charge on any atom is 0.188 e. The third-order valence-corrected chi connectivity index (χ3v) is 1.89.